The molecule has 0 spiro atoms. The van der Waals surface area contributed by atoms with Gasteiger partial charge in [0, 0.05) is 24.6 Å². The Hall–Kier alpha value is -3.52. The second kappa shape index (κ2) is 12.3. The van der Waals surface area contributed by atoms with Gasteiger partial charge in [-0.25, -0.2) is 4.79 Å². The van der Waals surface area contributed by atoms with Crippen molar-refractivity contribution < 1.29 is 23.4 Å². The number of benzene rings is 2. The fourth-order valence-electron chi connectivity index (χ4n) is 4.61. The van der Waals surface area contributed by atoms with E-state index in [9.17, 15) is 4.79 Å². The molecule has 7 nitrogen and oxygen atoms in total. The predicted molar refractivity (Wildman–Crippen MR) is 162 cm³/mol. The van der Waals surface area contributed by atoms with Crippen LogP contribution in [0.3, 0.4) is 0 Å². The van der Waals surface area contributed by atoms with E-state index in [1.807, 2.05) is 48.7 Å². The van der Waals surface area contributed by atoms with Crippen LogP contribution >= 0.6 is 0 Å². The lowest BCUT2D eigenvalue weighted by Gasteiger charge is -2.38. The first-order chi connectivity index (χ1) is 19.0. The first-order valence-corrected chi connectivity index (χ1v) is 16.9. The fraction of sp³-hybridized carbons (Fsp3) is 0.438. The number of ether oxygens (including phenoxy) is 3. The summed E-state index contributed by atoms with van der Waals surface area (Å²) in [5, 5.41) is -0.0249. The summed E-state index contributed by atoms with van der Waals surface area (Å²) in [4.78, 5) is 18.9. The molecular formula is C32H42N2O5Si. The highest BCUT2D eigenvalue weighted by Crippen LogP contribution is 2.51. The van der Waals surface area contributed by atoms with E-state index in [-0.39, 0.29) is 17.1 Å². The fourth-order valence-corrected chi connectivity index (χ4v) is 5.62. The molecule has 1 aromatic heterocycles. The quantitative estimate of drug-likeness (QED) is 0.184. The van der Waals surface area contributed by atoms with Gasteiger partial charge in [0.15, 0.2) is 17.2 Å². The van der Waals surface area contributed by atoms with E-state index in [0.29, 0.717) is 29.4 Å². The lowest BCUT2D eigenvalue weighted by atomic mass is 10.1. The summed E-state index contributed by atoms with van der Waals surface area (Å²) in [6.07, 6.45) is 7.98. The zero-order valence-electron chi connectivity index (χ0n) is 24.8. The molecule has 0 bridgehead atoms. The number of aromatic nitrogens is 1. The maximum absolute atomic E-state index is 12.5. The van der Waals surface area contributed by atoms with Crippen molar-refractivity contribution >= 4 is 25.7 Å². The Morgan fingerprint density at radius 1 is 1.02 bits per heavy atom. The smallest absolute Gasteiger partial charge is 0.337 e. The average Bonchev–Trinajstić information content (AvgIpc) is 3.45. The molecule has 214 valence electrons. The largest absolute Gasteiger partial charge is 0.538 e. The zero-order valence-corrected chi connectivity index (χ0v) is 25.8. The van der Waals surface area contributed by atoms with Crippen LogP contribution in [0.1, 0.15) is 62.4 Å². The summed E-state index contributed by atoms with van der Waals surface area (Å²) in [6.45, 7) is 11.6. The Morgan fingerprint density at radius 3 is 2.40 bits per heavy atom. The van der Waals surface area contributed by atoms with Crippen molar-refractivity contribution in [2.75, 3.05) is 19.1 Å². The van der Waals surface area contributed by atoms with Gasteiger partial charge in [-0.2, -0.15) is 0 Å². The highest BCUT2D eigenvalue weighted by Gasteiger charge is 2.41. The van der Waals surface area contributed by atoms with E-state index >= 15 is 0 Å². The first-order valence-electron chi connectivity index (χ1n) is 14.0. The van der Waals surface area contributed by atoms with Crippen LogP contribution in [0.25, 0.3) is 0 Å². The molecule has 0 unspecified atom stereocenters. The number of carbonyl (C=O) groups excluding carboxylic acids is 1. The van der Waals surface area contributed by atoms with Crippen molar-refractivity contribution in [3.05, 3.63) is 72.1 Å². The number of hydrogen-bond acceptors (Lipinski definition) is 7. The lowest BCUT2D eigenvalue weighted by Crippen LogP contribution is -2.44. The number of rotatable bonds is 10. The lowest BCUT2D eigenvalue weighted by molar-refractivity contribution is 0.0600. The van der Waals surface area contributed by atoms with E-state index in [2.05, 4.69) is 43.7 Å². The predicted octanol–water partition coefficient (Wildman–Crippen LogP) is 7.92. The molecule has 3 aromatic rings. The molecule has 0 aliphatic heterocycles. The summed E-state index contributed by atoms with van der Waals surface area (Å²) < 4.78 is 24.7. The van der Waals surface area contributed by atoms with Gasteiger partial charge in [0.2, 0.25) is 0 Å². The maximum Gasteiger partial charge on any atom is 0.337 e. The van der Waals surface area contributed by atoms with Gasteiger partial charge < -0.3 is 23.5 Å². The van der Waals surface area contributed by atoms with Crippen LogP contribution in [0, 0.1) is 0 Å². The summed E-state index contributed by atoms with van der Waals surface area (Å²) in [5.74, 6) is 1.57. The molecule has 0 amide bonds. The molecular weight excluding hydrogens is 520 g/mol. The highest BCUT2D eigenvalue weighted by atomic mass is 28.4. The van der Waals surface area contributed by atoms with E-state index in [1.54, 1.807) is 19.4 Å². The van der Waals surface area contributed by atoms with Crippen molar-refractivity contribution in [1.29, 1.82) is 0 Å². The van der Waals surface area contributed by atoms with Gasteiger partial charge in [0.25, 0.3) is 8.32 Å². The van der Waals surface area contributed by atoms with Gasteiger partial charge in [-0.15, -0.1) is 0 Å². The van der Waals surface area contributed by atoms with Crippen molar-refractivity contribution in [1.82, 2.24) is 4.98 Å². The topological polar surface area (TPSA) is 70.1 Å². The van der Waals surface area contributed by atoms with Gasteiger partial charge in [-0.3, -0.25) is 4.98 Å². The molecule has 0 saturated heterocycles. The number of hydrogen-bond donors (Lipinski definition) is 0. The van der Waals surface area contributed by atoms with Gasteiger partial charge >= 0.3 is 5.97 Å². The third kappa shape index (κ3) is 6.61. The average molecular weight is 563 g/mol. The maximum atomic E-state index is 12.5. The summed E-state index contributed by atoms with van der Waals surface area (Å²) >= 11 is 0. The Labute approximate surface area is 239 Å². The molecule has 8 heteroatoms. The Kier molecular flexibility index (Phi) is 9.08. The summed E-state index contributed by atoms with van der Waals surface area (Å²) in [7, 11) is 0.789. The molecule has 0 radical (unpaired) electrons. The van der Waals surface area contributed by atoms with Gasteiger partial charge in [0.1, 0.15) is 0 Å². The molecule has 1 saturated carbocycles. The minimum Gasteiger partial charge on any atom is -0.538 e. The number of esters is 1. The van der Waals surface area contributed by atoms with Crippen molar-refractivity contribution in [3.8, 4) is 17.2 Å². The monoisotopic (exact) mass is 562 g/mol. The first kappa shape index (κ1) is 29.5. The normalized spacial score (nSPS) is 14.1. The Bertz CT molecular complexity index is 1300. The third-order valence-electron chi connectivity index (χ3n) is 7.96. The molecule has 2 aromatic carbocycles. The zero-order chi connectivity index (χ0) is 28.9. The van der Waals surface area contributed by atoms with E-state index < -0.39 is 8.32 Å². The standard InChI is InChI=1S/C32H42N2O5Si/c1-32(2,3)40(6,7)39-30-28(36-4)18-17-27(29(30)38-26-15-8-9-16-26)34(22-23-12-11-19-33-21-23)25-14-10-13-24(20-25)31(35)37-5/h10-14,17-21,26H,8-9,15-16,22H2,1-7H3. The Balaban J connectivity index is 1.93. The second-order valence-electron chi connectivity index (χ2n) is 11.8. The van der Waals surface area contributed by atoms with Crippen LogP contribution in [0.5, 0.6) is 17.2 Å². The Morgan fingerprint density at radius 2 is 1.77 bits per heavy atom. The molecule has 1 heterocycles. The van der Waals surface area contributed by atoms with Gasteiger partial charge in [0.05, 0.1) is 31.6 Å². The molecule has 40 heavy (non-hydrogen) atoms. The minimum atomic E-state index is -2.27. The summed E-state index contributed by atoms with van der Waals surface area (Å²) in [6, 6.07) is 15.4. The minimum absolute atomic E-state index is 0.0249. The molecule has 0 atom stereocenters. The second-order valence-corrected chi connectivity index (χ2v) is 16.5. The van der Waals surface area contributed by atoms with E-state index in [4.69, 9.17) is 18.6 Å². The van der Waals surface area contributed by atoms with Crippen molar-refractivity contribution in [2.45, 2.75) is 77.2 Å². The molecule has 0 N–H and O–H groups in total. The molecule has 1 aliphatic carbocycles. The van der Waals surface area contributed by atoms with Crippen LogP contribution in [0.15, 0.2) is 60.9 Å². The number of nitrogens with zero attached hydrogens (tertiary/aromatic N) is 2. The van der Waals surface area contributed by atoms with Crippen LogP contribution in [-0.2, 0) is 11.3 Å². The summed E-state index contributed by atoms with van der Waals surface area (Å²) in [5.41, 5.74) is 3.15. The van der Waals surface area contributed by atoms with Crippen molar-refractivity contribution in [3.63, 3.8) is 0 Å². The number of carbonyl (C=O) groups is 1. The number of methoxy groups -OCH3 is 2. The van der Waals surface area contributed by atoms with E-state index in [1.165, 1.54) is 7.11 Å². The van der Waals surface area contributed by atoms with E-state index in [0.717, 1.165) is 42.6 Å². The molecule has 4 rings (SSSR count). The van der Waals surface area contributed by atoms with Crippen LogP contribution in [0.2, 0.25) is 18.1 Å². The third-order valence-corrected chi connectivity index (χ3v) is 12.3. The molecule has 1 aliphatic rings. The SMILES string of the molecule is COC(=O)c1cccc(N(Cc2cccnc2)c2ccc(OC)c(O[Si](C)(C)C(C)(C)C)c2OC2CCCC2)c1. The van der Waals surface area contributed by atoms with Crippen LogP contribution in [-0.4, -0.2) is 39.6 Å². The van der Waals surface area contributed by atoms with Gasteiger partial charge in [-0.05, 0) is 85.8 Å². The number of pyridine rings is 1. The molecule has 1 fully saturated rings. The van der Waals surface area contributed by atoms with Crippen LogP contribution in [0.4, 0.5) is 11.4 Å². The number of anilines is 2. The van der Waals surface area contributed by atoms with Gasteiger partial charge in [-0.1, -0.05) is 32.9 Å². The highest BCUT2D eigenvalue weighted by molar-refractivity contribution is 6.74. The van der Waals surface area contributed by atoms with Crippen molar-refractivity contribution in [2.24, 2.45) is 0 Å². The van der Waals surface area contributed by atoms with Crippen LogP contribution < -0.4 is 18.8 Å².